The van der Waals surface area contributed by atoms with Crippen molar-refractivity contribution in [1.82, 2.24) is 20.5 Å². The molecule has 94 valence electrons. The predicted octanol–water partition coefficient (Wildman–Crippen LogP) is -0.433. The van der Waals surface area contributed by atoms with Crippen LogP contribution in [0.25, 0.3) is 0 Å². The fourth-order valence-corrected chi connectivity index (χ4v) is 2.80. The first-order valence-electron chi connectivity index (χ1n) is 5.42. The first kappa shape index (κ1) is 11.1. The van der Waals surface area contributed by atoms with E-state index in [1.54, 1.807) is 15.8 Å². The smallest absolute Gasteiger partial charge is 0.322 e. The van der Waals surface area contributed by atoms with Gasteiger partial charge >= 0.3 is 6.03 Å². The third kappa shape index (κ3) is 1.57. The van der Waals surface area contributed by atoms with E-state index in [1.165, 1.54) is 11.3 Å². The van der Waals surface area contributed by atoms with Crippen LogP contribution in [-0.4, -0.2) is 46.4 Å². The van der Waals surface area contributed by atoms with Gasteiger partial charge in [0.2, 0.25) is 0 Å². The Labute approximate surface area is 106 Å². The van der Waals surface area contributed by atoms with Crippen LogP contribution in [-0.2, 0) is 4.79 Å². The van der Waals surface area contributed by atoms with Crippen LogP contribution in [0.2, 0.25) is 0 Å². The summed E-state index contributed by atoms with van der Waals surface area (Å²) in [7, 11) is 0. The van der Waals surface area contributed by atoms with Gasteiger partial charge in [0, 0.05) is 11.9 Å². The fourth-order valence-electron chi connectivity index (χ4n) is 2.28. The molecule has 4 amide bonds. The highest BCUT2D eigenvalue weighted by Crippen LogP contribution is 2.25. The zero-order valence-electron chi connectivity index (χ0n) is 9.30. The van der Waals surface area contributed by atoms with E-state index in [4.69, 9.17) is 0 Å². The minimum Gasteiger partial charge on any atom is -0.334 e. The van der Waals surface area contributed by atoms with Crippen LogP contribution >= 0.6 is 11.3 Å². The molecular weight excluding hydrogens is 256 g/mol. The van der Waals surface area contributed by atoms with Crippen molar-refractivity contribution in [2.75, 3.05) is 13.1 Å². The number of nitrogens with one attached hydrogen (secondary N) is 2. The minimum atomic E-state index is -0.956. The minimum absolute atomic E-state index is 0.195. The van der Waals surface area contributed by atoms with Crippen molar-refractivity contribution in [2.45, 2.75) is 12.0 Å². The van der Waals surface area contributed by atoms with E-state index in [2.05, 4.69) is 15.6 Å². The van der Waals surface area contributed by atoms with E-state index in [0.29, 0.717) is 18.7 Å². The number of urea groups is 1. The van der Waals surface area contributed by atoms with Crippen molar-refractivity contribution < 1.29 is 14.4 Å². The number of aromatic nitrogens is 1. The summed E-state index contributed by atoms with van der Waals surface area (Å²) in [5.74, 6) is -0.567. The molecule has 7 nitrogen and oxygen atoms in total. The molecule has 2 fully saturated rings. The molecule has 1 unspecified atom stereocenters. The van der Waals surface area contributed by atoms with Gasteiger partial charge in [-0.05, 0) is 6.42 Å². The number of amides is 4. The highest BCUT2D eigenvalue weighted by Gasteiger charge is 2.51. The molecule has 2 aliphatic rings. The molecule has 3 rings (SSSR count). The second-order valence-corrected chi connectivity index (χ2v) is 5.06. The third-order valence-electron chi connectivity index (χ3n) is 3.22. The van der Waals surface area contributed by atoms with Crippen LogP contribution in [0.3, 0.4) is 0 Å². The van der Waals surface area contributed by atoms with Gasteiger partial charge in [-0.3, -0.25) is 14.9 Å². The maximum atomic E-state index is 12.1. The molecule has 1 atom stereocenters. The predicted molar refractivity (Wildman–Crippen MR) is 62.0 cm³/mol. The van der Waals surface area contributed by atoms with Gasteiger partial charge in [-0.15, -0.1) is 11.3 Å². The van der Waals surface area contributed by atoms with Gasteiger partial charge in [0.05, 0.1) is 12.1 Å². The van der Waals surface area contributed by atoms with Gasteiger partial charge in [-0.25, -0.2) is 9.78 Å². The van der Waals surface area contributed by atoms with E-state index < -0.39 is 11.6 Å². The van der Waals surface area contributed by atoms with Crippen LogP contribution in [0.1, 0.15) is 16.9 Å². The molecule has 2 N–H and O–H groups in total. The van der Waals surface area contributed by atoms with Gasteiger partial charge in [0.15, 0.2) is 0 Å². The van der Waals surface area contributed by atoms with Crippen molar-refractivity contribution in [3.05, 3.63) is 16.6 Å². The van der Waals surface area contributed by atoms with Crippen LogP contribution in [0.15, 0.2) is 10.9 Å². The summed E-state index contributed by atoms with van der Waals surface area (Å²) in [6.45, 7) is 0.630. The zero-order valence-corrected chi connectivity index (χ0v) is 10.1. The van der Waals surface area contributed by atoms with Crippen LogP contribution in [0.4, 0.5) is 4.79 Å². The molecule has 8 heteroatoms. The molecule has 18 heavy (non-hydrogen) atoms. The fraction of sp³-hybridized carbons (Fsp3) is 0.400. The number of carbonyl (C=O) groups excluding carboxylic acids is 3. The first-order chi connectivity index (χ1) is 8.61. The highest BCUT2D eigenvalue weighted by molar-refractivity contribution is 7.07. The number of thiazole rings is 1. The summed E-state index contributed by atoms with van der Waals surface area (Å²) < 4.78 is 0. The number of hydrogen-bond donors (Lipinski definition) is 2. The van der Waals surface area contributed by atoms with Gasteiger partial charge in [-0.2, -0.15) is 0 Å². The lowest BCUT2D eigenvalue weighted by Crippen LogP contribution is -2.49. The topological polar surface area (TPSA) is 91.4 Å². The number of likely N-dealkylation sites (tertiary alicyclic amines) is 1. The van der Waals surface area contributed by atoms with E-state index in [9.17, 15) is 14.4 Å². The summed E-state index contributed by atoms with van der Waals surface area (Å²) in [6.07, 6.45) is 0.431. The number of imide groups is 1. The Kier molecular flexibility index (Phi) is 2.34. The van der Waals surface area contributed by atoms with Crippen molar-refractivity contribution in [3.63, 3.8) is 0 Å². The molecule has 2 saturated heterocycles. The van der Waals surface area contributed by atoms with E-state index in [-0.39, 0.29) is 18.4 Å². The van der Waals surface area contributed by atoms with E-state index in [0.717, 1.165) is 0 Å². The molecule has 1 aromatic heterocycles. The Bertz CT molecular complexity index is 529. The molecule has 1 aromatic rings. The average molecular weight is 266 g/mol. The Hall–Kier alpha value is -1.96. The number of hydrogen-bond acceptors (Lipinski definition) is 5. The summed E-state index contributed by atoms with van der Waals surface area (Å²) in [4.78, 5) is 40.4. The highest BCUT2D eigenvalue weighted by atomic mass is 32.1. The SMILES string of the molecule is O=C1NC(=O)C2(CCN(C(=O)c3cscn3)C2)N1. The molecule has 2 aliphatic heterocycles. The number of carbonyl (C=O) groups is 3. The Morgan fingerprint density at radius 3 is 2.94 bits per heavy atom. The molecule has 1 spiro atoms. The zero-order chi connectivity index (χ0) is 12.8. The average Bonchev–Trinajstić information content (AvgIpc) is 3.01. The van der Waals surface area contributed by atoms with Gasteiger partial charge < -0.3 is 10.2 Å². The Morgan fingerprint density at radius 2 is 2.33 bits per heavy atom. The third-order valence-corrected chi connectivity index (χ3v) is 3.81. The maximum Gasteiger partial charge on any atom is 0.322 e. The normalized spacial score (nSPS) is 26.6. The number of nitrogens with zero attached hydrogens (tertiary/aromatic N) is 2. The van der Waals surface area contributed by atoms with Gasteiger partial charge in [0.25, 0.3) is 11.8 Å². The summed E-state index contributed by atoms with van der Waals surface area (Å²) in [5, 5.41) is 6.47. The molecular formula is C10H10N4O3S. The quantitative estimate of drug-likeness (QED) is 0.675. The number of rotatable bonds is 1. The largest absolute Gasteiger partial charge is 0.334 e. The maximum absolute atomic E-state index is 12.1. The summed E-state index contributed by atoms with van der Waals surface area (Å²) in [5.41, 5.74) is 1.01. The lowest BCUT2D eigenvalue weighted by molar-refractivity contribution is -0.123. The Morgan fingerprint density at radius 1 is 1.50 bits per heavy atom. The van der Waals surface area contributed by atoms with Gasteiger partial charge in [-0.1, -0.05) is 0 Å². The van der Waals surface area contributed by atoms with Crippen LogP contribution in [0.5, 0.6) is 0 Å². The first-order valence-corrected chi connectivity index (χ1v) is 6.36. The molecule has 0 saturated carbocycles. The molecule has 0 aliphatic carbocycles. The summed E-state index contributed by atoms with van der Waals surface area (Å²) in [6, 6.07) is -0.497. The van der Waals surface area contributed by atoms with E-state index >= 15 is 0 Å². The Balaban J connectivity index is 1.78. The second-order valence-electron chi connectivity index (χ2n) is 4.34. The molecule has 3 heterocycles. The van der Waals surface area contributed by atoms with Crippen molar-refractivity contribution in [1.29, 1.82) is 0 Å². The lowest BCUT2D eigenvalue weighted by atomic mass is 10.00. The molecule has 0 bridgehead atoms. The molecule has 0 aromatic carbocycles. The van der Waals surface area contributed by atoms with E-state index in [1.807, 2.05) is 0 Å². The standard InChI is InChI=1S/C10H10N4O3S/c15-7(6-3-18-5-11-6)14-2-1-10(4-14)8(16)12-9(17)13-10/h3,5H,1-2,4H2,(H2,12,13,16,17). The summed E-state index contributed by atoms with van der Waals surface area (Å²) >= 11 is 1.34. The lowest BCUT2D eigenvalue weighted by Gasteiger charge is -2.20. The monoisotopic (exact) mass is 266 g/mol. The van der Waals surface area contributed by atoms with Crippen molar-refractivity contribution >= 4 is 29.2 Å². The van der Waals surface area contributed by atoms with Gasteiger partial charge in [0.1, 0.15) is 11.2 Å². The van der Waals surface area contributed by atoms with Crippen LogP contribution in [0, 0.1) is 0 Å². The second kappa shape index (κ2) is 3.77. The van der Waals surface area contributed by atoms with Crippen molar-refractivity contribution in [3.8, 4) is 0 Å². The molecule has 0 radical (unpaired) electrons. The van der Waals surface area contributed by atoms with Crippen LogP contribution < -0.4 is 10.6 Å². The van der Waals surface area contributed by atoms with Crippen molar-refractivity contribution in [2.24, 2.45) is 0 Å².